The first-order valence-corrected chi connectivity index (χ1v) is 6.73. The van der Waals surface area contributed by atoms with Crippen LogP contribution in [0.25, 0.3) is 0 Å². The fourth-order valence-corrected chi connectivity index (χ4v) is 2.60. The monoisotopic (exact) mass is 266 g/mol. The lowest BCUT2D eigenvalue weighted by molar-refractivity contribution is -0.132. The maximum atomic E-state index is 12.2. The fourth-order valence-electron chi connectivity index (χ4n) is 2.60. The molecule has 2 atom stereocenters. The Bertz CT molecular complexity index is 405. The first kappa shape index (κ1) is 14.1. The second-order valence-corrected chi connectivity index (χ2v) is 5.32. The lowest BCUT2D eigenvalue weighted by Gasteiger charge is -2.26. The summed E-state index contributed by atoms with van der Waals surface area (Å²) in [6, 6.07) is 3.79. The highest BCUT2D eigenvalue weighted by molar-refractivity contribution is 5.78. The number of rotatable bonds is 5. The zero-order chi connectivity index (χ0) is 13.8. The first-order valence-electron chi connectivity index (χ1n) is 6.73. The van der Waals surface area contributed by atoms with E-state index in [0.717, 1.165) is 18.7 Å². The molecule has 2 heterocycles. The molecule has 0 aliphatic carbocycles. The van der Waals surface area contributed by atoms with Crippen molar-refractivity contribution in [3.05, 3.63) is 24.2 Å². The van der Waals surface area contributed by atoms with Crippen molar-refractivity contribution in [1.82, 2.24) is 9.80 Å². The molecule has 1 aromatic heterocycles. The molecule has 5 nitrogen and oxygen atoms in total. The van der Waals surface area contributed by atoms with Crippen molar-refractivity contribution in [2.75, 3.05) is 26.7 Å². The van der Waals surface area contributed by atoms with Crippen LogP contribution in [0.4, 0.5) is 0 Å². The predicted molar refractivity (Wildman–Crippen MR) is 71.4 cm³/mol. The van der Waals surface area contributed by atoms with E-state index < -0.39 is 0 Å². The summed E-state index contributed by atoms with van der Waals surface area (Å²) in [5.74, 6) is 1.29. The second kappa shape index (κ2) is 6.21. The number of carbonyl (C=O) groups is 1. The molecule has 2 unspecified atom stereocenters. The van der Waals surface area contributed by atoms with Gasteiger partial charge in [0.2, 0.25) is 5.91 Å². The van der Waals surface area contributed by atoms with E-state index in [2.05, 4.69) is 11.8 Å². The number of likely N-dealkylation sites (N-methyl/N-ethyl adjacent to an activating group) is 1. The van der Waals surface area contributed by atoms with Gasteiger partial charge in [-0.3, -0.25) is 9.69 Å². The van der Waals surface area contributed by atoms with Gasteiger partial charge in [0, 0.05) is 13.1 Å². The van der Waals surface area contributed by atoms with Gasteiger partial charge in [-0.25, -0.2) is 0 Å². The maximum Gasteiger partial charge on any atom is 0.236 e. The number of hydrogen-bond donors (Lipinski definition) is 1. The van der Waals surface area contributed by atoms with Gasteiger partial charge in [-0.2, -0.15) is 0 Å². The standard InChI is InChI=1S/C14H22N2O3/c1-11-5-6-16(13(11)10-17)9-14(18)15(2)8-12-4-3-7-19-12/h3-4,7,11,13,17H,5-6,8-10H2,1-2H3. The number of nitrogens with zero attached hydrogens (tertiary/aromatic N) is 2. The maximum absolute atomic E-state index is 12.2. The van der Waals surface area contributed by atoms with Crippen LogP contribution in [-0.2, 0) is 11.3 Å². The van der Waals surface area contributed by atoms with Gasteiger partial charge in [-0.15, -0.1) is 0 Å². The molecule has 1 aliphatic rings. The minimum absolute atomic E-state index is 0.0592. The Morgan fingerprint density at radius 2 is 2.42 bits per heavy atom. The summed E-state index contributed by atoms with van der Waals surface area (Å²) in [5.41, 5.74) is 0. The molecule has 2 rings (SSSR count). The minimum atomic E-state index is 0.0592. The van der Waals surface area contributed by atoms with E-state index in [0.29, 0.717) is 19.0 Å². The van der Waals surface area contributed by atoms with E-state index >= 15 is 0 Å². The van der Waals surface area contributed by atoms with E-state index in [9.17, 15) is 9.90 Å². The first-order chi connectivity index (χ1) is 9.11. The molecular weight excluding hydrogens is 244 g/mol. The quantitative estimate of drug-likeness (QED) is 0.862. The number of likely N-dealkylation sites (tertiary alicyclic amines) is 1. The number of aliphatic hydroxyl groups is 1. The topological polar surface area (TPSA) is 56.9 Å². The molecule has 1 fully saturated rings. The third-order valence-corrected chi connectivity index (χ3v) is 3.92. The Hall–Kier alpha value is -1.33. The lowest BCUT2D eigenvalue weighted by Crippen LogP contribution is -2.42. The van der Waals surface area contributed by atoms with Crippen LogP contribution in [0.3, 0.4) is 0 Å². The van der Waals surface area contributed by atoms with Gasteiger partial charge in [0.1, 0.15) is 5.76 Å². The third kappa shape index (κ3) is 3.36. The van der Waals surface area contributed by atoms with Crippen LogP contribution < -0.4 is 0 Å². The van der Waals surface area contributed by atoms with Gasteiger partial charge < -0.3 is 14.4 Å². The molecule has 1 amide bonds. The van der Waals surface area contributed by atoms with E-state index in [-0.39, 0.29) is 18.6 Å². The van der Waals surface area contributed by atoms with Crippen LogP contribution in [-0.4, -0.2) is 53.6 Å². The van der Waals surface area contributed by atoms with Crippen LogP contribution in [0.1, 0.15) is 19.1 Å². The van der Waals surface area contributed by atoms with E-state index in [4.69, 9.17) is 4.42 Å². The van der Waals surface area contributed by atoms with Gasteiger partial charge >= 0.3 is 0 Å². The van der Waals surface area contributed by atoms with Gasteiger partial charge in [0.15, 0.2) is 0 Å². The summed E-state index contributed by atoms with van der Waals surface area (Å²) in [6.45, 7) is 3.98. The van der Waals surface area contributed by atoms with E-state index in [1.807, 2.05) is 12.1 Å². The molecule has 0 saturated carbocycles. The summed E-state index contributed by atoms with van der Waals surface area (Å²) >= 11 is 0. The molecule has 0 radical (unpaired) electrons. The zero-order valence-electron chi connectivity index (χ0n) is 11.6. The summed E-state index contributed by atoms with van der Waals surface area (Å²) in [4.78, 5) is 15.9. The largest absolute Gasteiger partial charge is 0.467 e. The Morgan fingerprint density at radius 1 is 1.63 bits per heavy atom. The summed E-state index contributed by atoms with van der Waals surface area (Å²) in [6.07, 6.45) is 2.65. The summed E-state index contributed by atoms with van der Waals surface area (Å²) in [7, 11) is 1.78. The smallest absolute Gasteiger partial charge is 0.236 e. The SMILES string of the molecule is CC1CCN(CC(=O)N(C)Cc2ccco2)C1CO. The van der Waals surface area contributed by atoms with Crippen molar-refractivity contribution in [3.8, 4) is 0 Å². The lowest BCUT2D eigenvalue weighted by atomic mass is 10.0. The van der Waals surface area contributed by atoms with Gasteiger partial charge in [0.25, 0.3) is 0 Å². The second-order valence-electron chi connectivity index (χ2n) is 5.32. The van der Waals surface area contributed by atoms with Crippen LogP contribution in [0.5, 0.6) is 0 Å². The highest BCUT2D eigenvalue weighted by atomic mass is 16.3. The Morgan fingerprint density at radius 3 is 3.05 bits per heavy atom. The van der Waals surface area contributed by atoms with Crippen molar-refractivity contribution >= 4 is 5.91 Å². The summed E-state index contributed by atoms with van der Waals surface area (Å²) < 4.78 is 5.24. The average Bonchev–Trinajstić information content (AvgIpc) is 2.99. The van der Waals surface area contributed by atoms with Crippen LogP contribution >= 0.6 is 0 Å². The molecule has 0 spiro atoms. The Balaban J connectivity index is 1.86. The van der Waals surface area contributed by atoms with Crippen LogP contribution in [0.2, 0.25) is 0 Å². The molecular formula is C14H22N2O3. The molecule has 19 heavy (non-hydrogen) atoms. The molecule has 1 aliphatic heterocycles. The third-order valence-electron chi connectivity index (χ3n) is 3.92. The van der Waals surface area contributed by atoms with Crippen molar-refractivity contribution in [3.63, 3.8) is 0 Å². The predicted octanol–water partition coefficient (Wildman–Crippen LogP) is 0.941. The van der Waals surface area contributed by atoms with E-state index in [1.165, 1.54) is 0 Å². The number of hydrogen-bond acceptors (Lipinski definition) is 4. The highest BCUT2D eigenvalue weighted by Gasteiger charge is 2.32. The van der Waals surface area contributed by atoms with Crippen molar-refractivity contribution < 1.29 is 14.3 Å². The zero-order valence-corrected chi connectivity index (χ0v) is 11.6. The number of furan rings is 1. The molecule has 106 valence electrons. The van der Waals surface area contributed by atoms with Crippen LogP contribution in [0, 0.1) is 5.92 Å². The van der Waals surface area contributed by atoms with Crippen molar-refractivity contribution in [2.24, 2.45) is 5.92 Å². The van der Waals surface area contributed by atoms with E-state index in [1.54, 1.807) is 18.2 Å². The molecule has 1 saturated heterocycles. The molecule has 0 bridgehead atoms. The van der Waals surface area contributed by atoms with Gasteiger partial charge in [-0.05, 0) is 31.0 Å². The van der Waals surface area contributed by atoms with Crippen molar-refractivity contribution in [1.29, 1.82) is 0 Å². The van der Waals surface area contributed by atoms with Gasteiger partial charge in [-0.1, -0.05) is 6.92 Å². The minimum Gasteiger partial charge on any atom is -0.467 e. The average molecular weight is 266 g/mol. The van der Waals surface area contributed by atoms with Crippen LogP contribution in [0.15, 0.2) is 22.8 Å². The normalized spacial score (nSPS) is 23.7. The molecule has 5 heteroatoms. The Labute approximate surface area is 113 Å². The van der Waals surface area contributed by atoms with Gasteiger partial charge in [0.05, 0.1) is 26.0 Å². The summed E-state index contributed by atoms with van der Waals surface area (Å²) in [5, 5.41) is 9.38. The molecule has 1 aromatic rings. The Kier molecular flexibility index (Phi) is 4.61. The highest BCUT2D eigenvalue weighted by Crippen LogP contribution is 2.23. The number of aliphatic hydroxyl groups excluding tert-OH is 1. The number of carbonyl (C=O) groups excluding carboxylic acids is 1. The molecule has 0 aromatic carbocycles. The number of amides is 1. The molecule has 1 N–H and O–H groups in total. The fraction of sp³-hybridized carbons (Fsp3) is 0.643. The van der Waals surface area contributed by atoms with Crippen molar-refractivity contribution in [2.45, 2.75) is 25.9 Å².